The van der Waals surface area contributed by atoms with E-state index in [9.17, 15) is 19.7 Å². The van der Waals surface area contributed by atoms with Crippen LogP contribution in [0.15, 0.2) is 72.1 Å². The first-order valence-electron chi connectivity index (χ1n) is 10.5. The lowest BCUT2D eigenvalue weighted by molar-refractivity contribution is -0.384. The van der Waals surface area contributed by atoms with Crippen LogP contribution in [0, 0.1) is 10.1 Å². The number of nitro benzene ring substituents is 1. The standard InChI is InChI=1S/C24H20N4O7/c1-34-22-12-16(5-6-21(22)35-14-23(29)30)19-13-20(17-3-2-4-18(11-17)28(32)33)27(26-19)24(31)15-7-9-25-10-8-15/h2-12,20H,13-14H2,1H3,(H,29,30). The second-order valence-electron chi connectivity index (χ2n) is 7.55. The molecule has 1 unspecified atom stereocenters. The summed E-state index contributed by atoms with van der Waals surface area (Å²) in [6, 6.07) is 13.5. The van der Waals surface area contributed by atoms with E-state index in [2.05, 4.69) is 10.1 Å². The fourth-order valence-corrected chi connectivity index (χ4v) is 3.71. The summed E-state index contributed by atoms with van der Waals surface area (Å²) in [5.74, 6) is -0.955. The molecular formula is C24H20N4O7. The number of amides is 1. The van der Waals surface area contributed by atoms with Crippen molar-refractivity contribution in [3.63, 3.8) is 0 Å². The molecular weight excluding hydrogens is 456 g/mol. The van der Waals surface area contributed by atoms with Gasteiger partial charge in [0.2, 0.25) is 0 Å². The number of hydrazone groups is 1. The molecule has 2 heterocycles. The highest BCUT2D eigenvalue weighted by atomic mass is 16.6. The number of methoxy groups -OCH3 is 1. The zero-order chi connectivity index (χ0) is 24.9. The van der Waals surface area contributed by atoms with E-state index in [1.165, 1.54) is 36.6 Å². The second kappa shape index (κ2) is 10.00. The van der Waals surface area contributed by atoms with Crippen LogP contribution in [0.3, 0.4) is 0 Å². The first kappa shape index (κ1) is 23.4. The van der Waals surface area contributed by atoms with Crippen molar-refractivity contribution in [2.24, 2.45) is 5.10 Å². The van der Waals surface area contributed by atoms with E-state index in [0.29, 0.717) is 28.2 Å². The maximum absolute atomic E-state index is 13.3. The van der Waals surface area contributed by atoms with E-state index in [1.54, 1.807) is 42.5 Å². The van der Waals surface area contributed by atoms with E-state index >= 15 is 0 Å². The van der Waals surface area contributed by atoms with Crippen LogP contribution < -0.4 is 9.47 Å². The molecule has 0 spiro atoms. The Morgan fingerprint density at radius 3 is 2.60 bits per heavy atom. The number of carbonyl (C=O) groups excluding carboxylic acids is 1. The molecule has 35 heavy (non-hydrogen) atoms. The van der Waals surface area contributed by atoms with Crippen LogP contribution in [0.2, 0.25) is 0 Å². The third kappa shape index (κ3) is 5.08. The van der Waals surface area contributed by atoms with Crippen molar-refractivity contribution < 1.29 is 29.1 Å². The Balaban J connectivity index is 1.71. The number of aromatic nitrogens is 1. The van der Waals surface area contributed by atoms with Gasteiger partial charge in [-0.05, 0) is 35.9 Å². The fraction of sp³-hybridized carbons (Fsp3) is 0.167. The molecule has 3 aromatic rings. The number of carbonyl (C=O) groups is 2. The van der Waals surface area contributed by atoms with E-state index in [0.717, 1.165) is 0 Å². The summed E-state index contributed by atoms with van der Waals surface area (Å²) in [4.78, 5) is 38.9. The Morgan fingerprint density at radius 2 is 1.91 bits per heavy atom. The first-order valence-corrected chi connectivity index (χ1v) is 10.5. The summed E-state index contributed by atoms with van der Waals surface area (Å²) < 4.78 is 10.6. The zero-order valence-corrected chi connectivity index (χ0v) is 18.5. The highest BCUT2D eigenvalue weighted by Crippen LogP contribution is 2.37. The number of pyridine rings is 1. The van der Waals surface area contributed by atoms with Crippen LogP contribution in [0.1, 0.15) is 33.9 Å². The smallest absolute Gasteiger partial charge is 0.341 e. The lowest BCUT2D eigenvalue weighted by atomic mass is 9.97. The summed E-state index contributed by atoms with van der Waals surface area (Å²) in [5.41, 5.74) is 2.02. The van der Waals surface area contributed by atoms with Gasteiger partial charge in [-0.2, -0.15) is 5.10 Å². The number of carboxylic acid groups (broad SMARTS) is 1. The van der Waals surface area contributed by atoms with Gasteiger partial charge in [-0.1, -0.05) is 12.1 Å². The van der Waals surface area contributed by atoms with Gasteiger partial charge in [0, 0.05) is 42.1 Å². The largest absolute Gasteiger partial charge is 0.493 e. The second-order valence-corrected chi connectivity index (χ2v) is 7.55. The minimum atomic E-state index is -1.12. The van der Waals surface area contributed by atoms with Gasteiger partial charge in [0.25, 0.3) is 11.6 Å². The summed E-state index contributed by atoms with van der Waals surface area (Å²) in [7, 11) is 1.42. The molecule has 178 valence electrons. The summed E-state index contributed by atoms with van der Waals surface area (Å²) >= 11 is 0. The van der Waals surface area contributed by atoms with Crippen LogP contribution in [-0.2, 0) is 4.79 Å². The number of hydrogen-bond acceptors (Lipinski definition) is 8. The van der Waals surface area contributed by atoms with E-state index in [1.807, 2.05) is 0 Å². The lowest BCUT2D eigenvalue weighted by Gasteiger charge is -2.22. The van der Waals surface area contributed by atoms with Crippen LogP contribution in [0.5, 0.6) is 11.5 Å². The molecule has 1 aliphatic heterocycles. The molecule has 1 atom stereocenters. The number of nitrogens with zero attached hydrogens (tertiary/aromatic N) is 4. The Kier molecular flexibility index (Phi) is 6.67. The highest BCUT2D eigenvalue weighted by Gasteiger charge is 2.34. The lowest BCUT2D eigenvalue weighted by Crippen LogP contribution is -2.27. The predicted molar refractivity (Wildman–Crippen MR) is 124 cm³/mol. The summed E-state index contributed by atoms with van der Waals surface area (Å²) in [6.45, 7) is -0.528. The molecule has 0 bridgehead atoms. The molecule has 1 N–H and O–H groups in total. The quantitative estimate of drug-likeness (QED) is 0.384. The molecule has 11 nitrogen and oxygen atoms in total. The Bertz CT molecular complexity index is 1310. The van der Waals surface area contributed by atoms with Gasteiger partial charge in [0.1, 0.15) is 0 Å². The molecule has 0 saturated heterocycles. The van der Waals surface area contributed by atoms with E-state index < -0.39 is 23.5 Å². The number of nitro groups is 1. The van der Waals surface area contributed by atoms with Gasteiger partial charge in [-0.3, -0.25) is 19.9 Å². The van der Waals surface area contributed by atoms with Crippen molar-refractivity contribution in [3.05, 3.63) is 93.8 Å². The Hall–Kier alpha value is -4.80. The number of ether oxygens (including phenoxy) is 2. The molecule has 1 aromatic heterocycles. The molecule has 1 aliphatic rings. The van der Waals surface area contributed by atoms with Crippen molar-refractivity contribution in [2.45, 2.75) is 12.5 Å². The van der Waals surface area contributed by atoms with Crippen molar-refractivity contribution in [1.29, 1.82) is 0 Å². The fourth-order valence-electron chi connectivity index (χ4n) is 3.71. The van der Waals surface area contributed by atoms with Gasteiger partial charge >= 0.3 is 5.97 Å². The van der Waals surface area contributed by atoms with Crippen molar-refractivity contribution in [2.75, 3.05) is 13.7 Å². The number of non-ortho nitro benzene ring substituents is 1. The summed E-state index contributed by atoms with van der Waals surface area (Å²) in [6.07, 6.45) is 3.28. The monoisotopic (exact) mass is 476 g/mol. The molecule has 0 radical (unpaired) electrons. The summed E-state index contributed by atoms with van der Waals surface area (Å²) in [5, 5.41) is 26.1. The molecule has 2 aromatic carbocycles. The van der Waals surface area contributed by atoms with E-state index in [4.69, 9.17) is 14.6 Å². The van der Waals surface area contributed by atoms with Crippen LogP contribution >= 0.6 is 0 Å². The van der Waals surface area contributed by atoms with Gasteiger partial charge in [0.15, 0.2) is 18.1 Å². The van der Waals surface area contributed by atoms with E-state index in [-0.39, 0.29) is 23.8 Å². The molecule has 0 fully saturated rings. The minimum Gasteiger partial charge on any atom is -0.493 e. The van der Waals surface area contributed by atoms with Gasteiger partial charge in [0.05, 0.1) is 23.8 Å². The molecule has 1 amide bonds. The first-order chi connectivity index (χ1) is 16.9. The molecule has 4 rings (SSSR count). The normalized spacial score (nSPS) is 14.8. The third-order valence-corrected chi connectivity index (χ3v) is 5.36. The Morgan fingerprint density at radius 1 is 1.14 bits per heavy atom. The van der Waals surface area contributed by atoms with Crippen LogP contribution in [0.25, 0.3) is 0 Å². The molecule has 0 aliphatic carbocycles. The van der Waals surface area contributed by atoms with Crippen molar-refractivity contribution in [1.82, 2.24) is 9.99 Å². The highest BCUT2D eigenvalue weighted by molar-refractivity contribution is 6.05. The SMILES string of the molecule is COc1cc(C2=NN(C(=O)c3ccncc3)C(c3cccc([N+](=O)[O-])c3)C2)ccc1OCC(=O)O. The number of hydrogen-bond donors (Lipinski definition) is 1. The minimum absolute atomic E-state index is 0.0890. The van der Waals surface area contributed by atoms with Crippen LogP contribution in [-0.4, -0.2) is 51.3 Å². The number of benzene rings is 2. The zero-order valence-electron chi connectivity index (χ0n) is 18.5. The average Bonchev–Trinajstić information content (AvgIpc) is 3.33. The third-order valence-electron chi connectivity index (χ3n) is 5.36. The maximum atomic E-state index is 13.3. The molecule has 11 heteroatoms. The number of carboxylic acids is 1. The number of aliphatic carboxylic acids is 1. The average molecular weight is 476 g/mol. The van der Waals surface area contributed by atoms with Gasteiger partial charge in [-0.15, -0.1) is 0 Å². The number of rotatable bonds is 8. The van der Waals surface area contributed by atoms with Gasteiger partial charge in [-0.25, -0.2) is 9.80 Å². The van der Waals surface area contributed by atoms with Gasteiger partial charge < -0.3 is 14.6 Å². The molecule has 0 saturated carbocycles. The van der Waals surface area contributed by atoms with Crippen LogP contribution in [0.4, 0.5) is 5.69 Å². The van der Waals surface area contributed by atoms with Crippen molar-refractivity contribution in [3.8, 4) is 11.5 Å². The van der Waals surface area contributed by atoms with Crippen molar-refractivity contribution >= 4 is 23.3 Å². The maximum Gasteiger partial charge on any atom is 0.341 e. The Labute approximate surface area is 199 Å². The predicted octanol–water partition coefficient (Wildman–Crippen LogP) is 3.45. The topological polar surface area (TPSA) is 144 Å².